The largest absolute Gasteiger partial charge is 0.478 e. The van der Waals surface area contributed by atoms with Gasteiger partial charge in [0, 0.05) is 116 Å². The maximum atomic E-state index is 13.6. The van der Waals surface area contributed by atoms with Crippen LogP contribution in [-0.4, -0.2) is 103 Å². The van der Waals surface area contributed by atoms with Crippen molar-refractivity contribution < 1.29 is 45.8 Å². The van der Waals surface area contributed by atoms with Crippen LogP contribution < -0.4 is 5.32 Å². The van der Waals surface area contributed by atoms with Gasteiger partial charge < -0.3 is 25.3 Å². The molecule has 9 nitrogen and oxygen atoms in total. The molecule has 0 bridgehead atoms. The zero-order valence-electron chi connectivity index (χ0n) is 41.4. The van der Waals surface area contributed by atoms with Crippen molar-refractivity contribution in [2.45, 2.75) is 63.9 Å². The van der Waals surface area contributed by atoms with Crippen molar-refractivity contribution in [1.29, 1.82) is 2.67 Å². The summed E-state index contributed by atoms with van der Waals surface area (Å²) in [6, 6.07) is 55.5. The number of aromatic amines is 2. The Balaban J connectivity index is 0.000000185. The Hall–Kier alpha value is -5.08. The van der Waals surface area contributed by atoms with Crippen molar-refractivity contribution in [3.8, 4) is 0 Å². The molecule has 10 rings (SSSR count). The number of aromatic nitrogens is 2. The molecule has 4 N–H and O–H groups in total. The number of nitrogens with zero attached hydrogens (tertiary/aromatic N) is 3. The van der Waals surface area contributed by atoms with Gasteiger partial charge in [-0.3, -0.25) is 14.6 Å². The van der Waals surface area contributed by atoms with Crippen molar-refractivity contribution in [3.05, 3.63) is 214 Å². The number of halogens is 2. The first-order valence-electron chi connectivity index (χ1n) is 24.1. The van der Waals surface area contributed by atoms with Crippen LogP contribution in [0, 0.1) is 31.1 Å². The fraction of sp³-hybridized carbons (Fsp3) is 0.250. The molecule has 0 spiro atoms. The number of aromatic carboxylic acids is 1. The summed E-state index contributed by atoms with van der Waals surface area (Å²) in [6.07, 6.45) is 3.61. The quantitative estimate of drug-likeness (QED) is 0.113. The van der Waals surface area contributed by atoms with Gasteiger partial charge in [0.1, 0.15) is 0 Å². The third-order valence-corrected chi connectivity index (χ3v) is 13.6. The summed E-state index contributed by atoms with van der Waals surface area (Å²) in [5, 5.41) is 14.9. The van der Waals surface area contributed by atoms with Gasteiger partial charge in [0.15, 0.2) is 0 Å². The number of rotatable bonds is 8. The minimum atomic E-state index is -1.01. The number of hydrogen-bond donors (Lipinski definition) is 4. The molecule has 2 fully saturated rings. The summed E-state index contributed by atoms with van der Waals surface area (Å²) in [5.41, 5.74) is 7.78. The molecular weight excluding hydrogens is 1120 g/mol. The van der Waals surface area contributed by atoms with Crippen LogP contribution in [0.2, 0.25) is 10.0 Å². The van der Waals surface area contributed by atoms with Crippen molar-refractivity contribution in [2.24, 2.45) is 0 Å². The number of carbonyl (C=O) groups excluding carboxylic acids is 1. The molecule has 8 aromatic rings. The molecule has 1 amide bonds. The number of fused-ring (bicyclic) bond motifs is 2. The smallest absolute Gasteiger partial charge is 0.337 e. The summed E-state index contributed by atoms with van der Waals surface area (Å²) in [4.78, 5) is 37.5. The molecule has 2 aliphatic heterocycles. The zero-order chi connectivity index (χ0) is 49.7. The molecule has 4 atom stereocenters. The van der Waals surface area contributed by atoms with E-state index >= 15 is 0 Å². The second kappa shape index (κ2) is 24.7. The Morgan fingerprint density at radius 3 is 1.43 bits per heavy atom. The first-order valence-corrected chi connectivity index (χ1v) is 23.7. The Morgan fingerprint density at radius 1 is 0.594 bits per heavy atom. The van der Waals surface area contributed by atoms with E-state index in [2.05, 4.69) is 174 Å². The molecule has 0 unspecified atom stereocenters. The SMILES string of the molecule is C[C@@H]1CN(C(c2ccccc2)c2ccccc2)[C@@H](C)CN1.C[C@@H]1CN(C(c2ccccc2)c2ccccc2)[C@@H](C)CN1C(=O)c1cc2cc[nH]c2cc1Cl.O=C(O)c1cc2cc[nH]c2cc1Cl.[3H][B][3H].[U]. The normalized spacial score (nSPS) is 18.6. The second-order valence-electron chi connectivity index (χ2n) is 17.8. The van der Waals surface area contributed by atoms with Crippen LogP contribution in [0.1, 0.15) is 82.7 Å². The molecule has 2 aromatic heterocycles. The third-order valence-electron chi connectivity index (χ3n) is 13.0. The van der Waals surface area contributed by atoms with Gasteiger partial charge in [0.25, 0.3) is 5.91 Å². The van der Waals surface area contributed by atoms with E-state index in [1.54, 1.807) is 24.4 Å². The van der Waals surface area contributed by atoms with Gasteiger partial charge in [-0.25, -0.2) is 4.79 Å². The van der Waals surface area contributed by atoms with E-state index in [4.69, 9.17) is 31.0 Å². The summed E-state index contributed by atoms with van der Waals surface area (Å²) in [6.45, 7) is 12.5. The van der Waals surface area contributed by atoms with Crippen LogP contribution in [0.5, 0.6) is 0 Å². The summed E-state index contributed by atoms with van der Waals surface area (Å²) >= 11 is 12.3. The van der Waals surface area contributed by atoms with E-state index in [0.29, 0.717) is 43.6 Å². The number of carboxylic acids is 1. The Morgan fingerprint density at radius 2 is 1.00 bits per heavy atom. The van der Waals surface area contributed by atoms with Crippen molar-refractivity contribution in [2.75, 3.05) is 26.2 Å². The fourth-order valence-corrected chi connectivity index (χ4v) is 10.0. The van der Waals surface area contributed by atoms with Crippen LogP contribution >= 0.6 is 23.2 Å². The monoisotopic (exact) mass is 1190 g/mol. The molecule has 4 heterocycles. The van der Waals surface area contributed by atoms with Crippen molar-refractivity contribution in [3.63, 3.8) is 0 Å². The molecule has 0 saturated carbocycles. The molecule has 0 aliphatic carbocycles. The van der Waals surface area contributed by atoms with Crippen LogP contribution in [0.15, 0.2) is 170 Å². The Kier molecular flexibility index (Phi) is 18.0. The van der Waals surface area contributed by atoms with E-state index in [-0.39, 0.29) is 65.7 Å². The minimum Gasteiger partial charge on any atom is -0.478 e. The first kappa shape index (κ1) is 50.3. The minimum absolute atomic E-state index is 0. The van der Waals surface area contributed by atoms with Gasteiger partial charge in [-0.15, -0.1) is 0 Å². The van der Waals surface area contributed by atoms with Crippen LogP contribution in [-0.2, 0) is 0 Å². The number of carbonyl (C=O) groups is 2. The van der Waals surface area contributed by atoms with E-state index in [1.165, 1.54) is 22.3 Å². The average molecular weight is 1190 g/mol. The van der Waals surface area contributed by atoms with Gasteiger partial charge in [0.05, 0.1) is 41.6 Å². The molecule has 69 heavy (non-hydrogen) atoms. The van der Waals surface area contributed by atoms with Gasteiger partial charge in [-0.05, 0) is 89.0 Å². The Bertz CT molecular complexity index is 2840. The van der Waals surface area contributed by atoms with Crippen molar-refractivity contribution >= 4 is 65.2 Å². The molecule has 1 radical (unpaired) electrons. The third kappa shape index (κ3) is 12.6. The number of benzene rings is 6. The van der Waals surface area contributed by atoms with Gasteiger partial charge in [-0.1, -0.05) is 145 Å². The first-order chi connectivity index (χ1) is 33.9. The van der Waals surface area contributed by atoms with E-state index < -0.39 is 5.97 Å². The second-order valence-corrected chi connectivity index (χ2v) is 18.6. The number of piperazine rings is 2. The predicted octanol–water partition coefficient (Wildman–Crippen LogP) is 11.2. The van der Waals surface area contributed by atoms with E-state index in [9.17, 15) is 9.59 Å². The topological polar surface area (TPSA) is 108 Å². The molecule has 353 valence electrons. The number of carboxylic acid groups (broad SMARTS) is 1. The van der Waals surface area contributed by atoms with E-state index in [1.807, 2.05) is 29.3 Å². The fourth-order valence-electron chi connectivity index (χ4n) is 9.53. The number of amides is 1. The summed E-state index contributed by atoms with van der Waals surface area (Å²) in [7, 11) is 0.500. The maximum absolute atomic E-state index is 13.6. The molecular formula is C56H60BCl2N6O3U. The van der Waals surface area contributed by atoms with Crippen LogP contribution in [0.4, 0.5) is 0 Å². The van der Waals surface area contributed by atoms with Crippen LogP contribution in [0.25, 0.3) is 21.8 Å². The summed E-state index contributed by atoms with van der Waals surface area (Å²) in [5.74, 6) is -1.01. The number of H-pyrrole nitrogens is 2. The van der Waals surface area contributed by atoms with Crippen LogP contribution in [0.3, 0.4) is 0 Å². The standard InChI is InChI=1S/C28H28ClN3O.C19H24N2.C9H6ClNO2.BH2.U/c1-19-18-32(28(33)24-15-23-13-14-30-26(23)16-25(24)29)20(2)17-31(19)27(21-9-5-3-6-10-21)22-11-7-4-8-12-22;1-15-14-21(16(2)13-20-15)19(17-9-5-3-6-10-17)18-11-7-4-8-12-18;10-7-4-8-5(1-2-11-8)3-6(7)9(12)13;;/h3-16,19-20,27,30H,17-18H2,1-2H3;3-12,15-16,19-20H,13-14H2,1-2H3;1-4,11H,(H,12,13);1H2;/t19-,20+;15-,16+;;;/m01.../s1/i;;;1T2;. The number of hydrogen-bond acceptors (Lipinski definition) is 5. The predicted molar refractivity (Wildman–Crippen MR) is 282 cm³/mol. The molecule has 2 saturated heterocycles. The maximum Gasteiger partial charge on any atom is 0.337 e. The van der Waals surface area contributed by atoms with Gasteiger partial charge in [0.2, 0.25) is 0 Å². The average Bonchev–Trinajstić information content (AvgIpc) is 4.04. The van der Waals surface area contributed by atoms with Crippen molar-refractivity contribution in [1.82, 2.24) is 30.0 Å². The van der Waals surface area contributed by atoms with Gasteiger partial charge in [-0.2, -0.15) is 0 Å². The summed E-state index contributed by atoms with van der Waals surface area (Å²) < 4.78 is 11.5. The Labute approximate surface area is 444 Å². The molecule has 13 heteroatoms. The zero-order valence-corrected chi connectivity index (χ0v) is 45.1. The van der Waals surface area contributed by atoms with Gasteiger partial charge >= 0.3 is 5.97 Å². The van der Waals surface area contributed by atoms with E-state index in [0.717, 1.165) is 41.4 Å². The number of nitrogens with one attached hydrogen (secondary N) is 3. The molecule has 6 aromatic carbocycles. The molecule has 2 aliphatic rings.